The molecule has 33 heavy (non-hydrogen) atoms. The van der Waals surface area contributed by atoms with E-state index < -0.39 is 11.9 Å². The summed E-state index contributed by atoms with van der Waals surface area (Å²) in [6, 6.07) is 21.8. The average molecular weight is 506 g/mol. The van der Waals surface area contributed by atoms with E-state index in [4.69, 9.17) is 0 Å². The number of carbonyl (C=O) groups is 2. The van der Waals surface area contributed by atoms with Crippen LogP contribution in [0.1, 0.15) is 23.2 Å². The lowest BCUT2D eigenvalue weighted by molar-refractivity contribution is -0.142. The lowest BCUT2D eigenvalue weighted by atomic mass is 9.94. The van der Waals surface area contributed by atoms with Gasteiger partial charge in [-0.25, -0.2) is 4.68 Å². The molecule has 0 unspecified atom stereocenters. The van der Waals surface area contributed by atoms with Crippen molar-refractivity contribution in [1.29, 1.82) is 0 Å². The van der Waals surface area contributed by atoms with E-state index in [1.54, 1.807) is 36.4 Å². The number of aryl methyl sites for hydroxylation is 1. The summed E-state index contributed by atoms with van der Waals surface area (Å²) in [4.78, 5) is 37.1. The Morgan fingerprint density at radius 1 is 0.939 bits per heavy atom. The smallest absolute Gasteiger partial charge is 0.307 e. The quantitative estimate of drug-likeness (QED) is 0.351. The molecule has 7 nitrogen and oxygen atoms in total. The highest BCUT2D eigenvalue weighted by Crippen LogP contribution is 2.23. The second-order valence-electron chi connectivity index (χ2n) is 7.67. The number of halogens is 1. The molecule has 0 aliphatic rings. The minimum Gasteiger partial charge on any atom is -0.481 e. The first kappa shape index (κ1) is 22.5. The Hall–Kier alpha value is -3.65. The Morgan fingerprint density at radius 3 is 2.24 bits per heavy atom. The second kappa shape index (κ2) is 9.87. The number of carboxylic acids is 1. The molecular weight excluding hydrogens is 486 g/mol. The van der Waals surface area contributed by atoms with Crippen LogP contribution in [0.15, 0.2) is 82.1 Å². The van der Waals surface area contributed by atoms with Crippen molar-refractivity contribution in [2.45, 2.75) is 19.4 Å². The van der Waals surface area contributed by atoms with Gasteiger partial charge in [0.25, 0.3) is 5.56 Å². The number of benzene rings is 3. The number of rotatable bonds is 8. The number of aromatic nitrogens is 3. The largest absolute Gasteiger partial charge is 0.481 e. The molecule has 0 aliphatic heterocycles. The lowest BCUT2D eigenvalue weighted by Gasteiger charge is -2.12. The van der Waals surface area contributed by atoms with Gasteiger partial charge in [0.1, 0.15) is 5.52 Å². The number of hydrogen-bond acceptors (Lipinski definition) is 5. The predicted octanol–water partition coefficient (Wildman–Crippen LogP) is 4.58. The van der Waals surface area contributed by atoms with Crippen molar-refractivity contribution in [3.8, 4) is 11.1 Å². The Morgan fingerprint density at radius 2 is 1.58 bits per heavy atom. The number of carbonyl (C=O) groups excluding carboxylic acids is 1. The molecule has 1 atom stereocenters. The van der Waals surface area contributed by atoms with Crippen molar-refractivity contribution < 1.29 is 14.7 Å². The number of ketones is 1. The number of fused-ring (bicyclic) bond motifs is 1. The maximum absolute atomic E-state index is 12.7. The van der Waals surface area contributed by atoms with Gasteiger partial charge in [0.15, 0.2) is 5.78 Å². The average Bonchev–Trinajstić information content (AvgIpc) is 2.83. The highest BCUT2D eigenvalue weighted by Gasteiger charge is 2.22. The first-order valence-electron chi connectivity index (χ1n) is 10.4. The molecule has 1 N–H and O–H groups in total. The molecule has 8 heteroatoms. The van der Waals surface area contributed by atoms with Gasteiger partial charge < -0.3 is 5.11 Å². The molecule has 0 amide bonds. The van der Waals surface area contributed by atoms with Crippen LogP contribution in [0.3, 0.4) is 0 Å². The maximum atomic E-state index is 12.7. The van der Waals surface area contributed by atoms with E-state index in [0.29, 0.717) is 16.5 Å². The summed E-state index contributed by atoms with van der Waals surface area (Å²) < 4.78 is 2.13. The number of hydrogen-bond donors (Lipinski definition) is 1. The topological polar surface area (TPSA) is 102 Å². The fourth-order valence-corrected chi connectivity index (χ4v) is 3.86. The van der Waals surface area contributed by atoms with Crippen molar-refractivity contribution >= 4 is 38.6 Å². The number of Topliss-reactive ketones (excluding diaryl/α,β-unsaturated/α-hetero) is 1. The summed E-state index contributed by atoms with van der Waals surface area (Å²) in [6.45, 7) is 0.0589. The monoisotopic (exact) mass is 505 g/mol. The fourth-order valence-electron chi connectivity index (χ4n) is 3.59. The van der Waals surface area contributed by atoms with E-state index in [1.165, 1.54) is 0 Å². The standard InChI is InChI=1S/C25H20BrN3O4/c26-20-11-9-17(10-12-20)16-5-7-18(8-6-16)23(30)15-19(25(32)33)13-14-29-24(31)21-3-1-2-4-22(21)27-28-29/h1-12,19H,13-15H2,(H,32,33)/t19-/m0/s1. The molecule has 0 aliphatic carbocycles. The molecule has 1 heterocycles. The zero-order valence-corrected chi connectivity index (χ0v) is 19.1. The van der Waals surface area contributed by atoms with Gasteiger partial charge in [-0.2, -0.15) is 0 Å². The van der Waals surface area contributed by atoms with E-state index >= 15 is 0 Å². The summed E-state index contributed by atoms with van der Waals surface area (Å²) in [7, 11) is 0. The maximum Gasteiger partial charge on any atom is 0.307 e. The van der Waals surface area contributed by atoms with Crippen LogP contribution in [0.25, 0.3) is 22.0 Å². The third kappa shape index (κ3) is 5.23. The van der Waals surface area contributed by atoms with Gasteiger partial charge in [-0.05, 0) is 41.8 Å². The van der Waals surface area contributed by atoms with Crippen LogP contribution in [0.2, 0.25) is 0 Å². The number of carboxylic acid groups (broad SMARTS) is 1. The van der Waals surface area contributed by atoms with Crippen LogP contribution in [0.4, 0.5) is 0 Å². The van der Waals surface area contributed by atoms with Crippen LogP contribution in [-0.4, -0.2) is 31.9 Å². The van der Waals surface area contributed by atoms with Crippen molar-refractivity contribution in [2.24, 2.45) is 5.92 Å². The summed E-state index contributed by atoms with van der Waals surface area (Å²) in [5.74, 6) is -2.29. The molecule has 1 aromatic heterocycles. The van der Waals surface area contributed by atoms with Crippen LogP contribution in [0, 0.1) is 5.92 Å². The molecule has 0 fully saturated rings. The highest BCUT2D eigenvalue weighted by atomic mass is 79.9. The van der Waals surface area contributed by atoms with Gasteiger partial charge in [0.05, 0.1) is 11.3 Å². The first-order valence-corrected chi connectivity index (χ1v) is 11.2. The minimum atomic E-state index is -1.09. The van der Waals surface area contributed by atoms with Crippen LogP contribution >= 0.6 is 15.9 Å². The molecule has 0 spiro atoms. The summed E-state index contributed by atoms with van der Waals surface area (Å²) in [6.07, 6.45) is -0.0757. The van der Waals surface area contributed by atoms with Crippen LogP contribution in [0.5, 0.6) is 0 Å². The minimum absolute atomic E-state index is 0.0589. The molecular formula is C25H20BrN3O4. The van der Waals surface area contributed by atoms with E-state index in [-0.39, 0.29) is 30.7 Å². The lowest BCUT2D eigenvalue weighted by Crippen LogP contribution is -2.27. The Balaban J connectivity index is 1.44. The second-order valence-corrected chi connectivity index (χ2v) is 8.59. The third-order valence-corrected chi connectivity index (χ3v) is 6.01. The van der Waals surface area contributed by atoms with Crippen LogP contribution < -0.4 is 5.56 Å². The highest BCUT2D eigenvalue weighted by molar-refractivity contribution is 9.10. The zero-order valence-electron chi connectivity index (χ0n) is 17.5. The summed E-state index contributed by atoms with van der Waals surface area (Å²) in [5.41, 5.74) is 2.57. The van der Waals surface area contributed by atoms with Crippen molar-refractivity contribution in [3.05, 3.63) is 93.2 Å². The molecule has 3 aromatic carbocycles. The van der Waals surface area contributed by atoms with Crippen LogP contribution in [-0.2, 0) is 11.3 Å². The molecule has 0 radical (unpaired) electrons. The number of aliphatic carboxylic acids is 1. The Kier molecular flexibility index (Phi) is 6.74. The van der Waals surface area contributed by atoms with Gasteiger partial charge in [0.2, 0.25) is 0 Å². The molecule has 0 saturated heterocycles. The van der Waals surface area contributed by atoms with E-state index in [9.17, 15) is 19.5 Å². The first-order chi connectivity index (χ1) is 15.9. The van der Waals surface area contributed by atoms with Gasteiger partial charge in [-0.3, -0.25) is 14.4 Å². The molecule has 4 rings (SSSR count). The zero-order chi connectivity index (χ0) is 23.4. The molecule has 0 saturated carbocycles. The van der Waals surface area contributed by atoms with Gasteiger partial charge in [-0.15, -0.1) is 5.10 Å². The van der Waals surface area contributed by atoms with Gasteiger partial charge in [0, 0.05) is 23.0 Å². The molecule has 4 aromatic rings. The van der Waals surface area contributed by atoms with Gasteiger partial charge in [-0.1, -0.05) is 69.7 Å². The Bertz CT molecular complexity index is 1370. The van der Waals surface area contributed by atoms with Gasteiger partial charge >= 0.3 is 5.97 Å². The molecule has 166 valence electrons. The predicted molar refractivity (Wildman–Crippen MR) is 128 cm³/mol. The summed E-state index contributed by atoms with van der Waals surface area (Å²) >= 11 is 3.41. The number of nitrogens with zero attached hydrogens (tertiary/aromatic N) is 3. The third-order valence-electron chi connectivity index (χ3n) is 5.48. The summed E-state index contributed by atoms with van der Waals surface area (Å²) in [5, 5.41) is 17.9. The fraction of sp³-hybridized carbons (Fsp3) is 0.160. The normalized spacial score (nSPS) is 11.9. The van der Waals surface area contributed by atoms with E-state index in [2.05, 4.69) is 26.2 Å². The Labute approximate surface area is 197 Å². The molecule has 0 bridgehead atoms. The van der Waals surface area contributed by atoms with Crippen molar-refractivity contribution in [1.82, 2.24) is 15.0 Å². The van der Waals surface area contributed by atoms with E-state index in [1.807, 2.05) is 36.4 Å². The van der Waals surface area contributed by atoms with Crippen molar-refractivity contribution in [2.75, 3.05) is 0 Å². The van der Waals surface area contributed by atoms with Crippen molar-refractivity contribution in [3.63, 3.8) is 0 Å². The SMILES string of the molecule is O=C(C[C@H](CCn1nnc2ccccc2c1=O)C(=O)O)c1ccc(-c2ccc(Br)cc2)cc1. The van der Waals surface area contributed by atoms with E-state index in [0.717, 1.165) is 20.3 Å².